The Kier molecular flexibility index (Phi) is 5.66. The van der Waals surface area contributed by atoms with Gasteiger partial charge in [0.25, 0.3) is 17.5 Å². The Morgan fingerprint density at radius 3 is 2.60 bits per heavy atom. The normalized spacial score (nSPS) is 11.1. The van der Waals surface area contributed by atoms with Gasteiger partial charge in [0.1, 0.15) is 11.5 Å². The summed E-state index contributed by atoms with van der Waals surface area (Å²) >= 11 is 0. The third-order valence-electron chi connectivity index (χ3n) is 5.56. The number of nitrogens with zero attached hydrogens (tertiary/aromatic N) is 2. The topological polar surface area (TPSA) is 123 Å². The fourth-order valence-corrected chi connectivity index (χ4v) is 3.93. The lowest BCUT2D eigenvalue weighted by atomic mass is 10.1. The monoisotopic (exact) mass is 470 g/mol. The van der Waals surface area contributed by atoms with Gasteiger partial charge in [0.15, 0.2) is 5.76 Å². The Bertz CT molecular complexity index is 1550. The quantitative estimate of drug-likeness (QED) is 0.350. The Hall–Kier alpha value is -4.66. The SMILES string of the molecule is Cc1cc(-c2cc(C(=O)NCc3cccc(NC(=O)c4ccco4)c3)c3c(C)noc3n2)c(C)o1. The minimum Gasteiger partial charge on any atom is -0.466 e. The van der Waals surface area contributed by atoms with Gasteiger partial charge in [-0.05, 0) is 62.7 Å². The average Bonchev–Trinajstić information content (AvgIpc) is 3.58. The Balaban J connectivity index is 1.38. The Morgan fingerprint density at radius 2 is 1.86 bits per heavy atom. The predicted octanol–water partition coefficient (Wildman–Crippen LogP) is 5.18. The number of furan rings is 2. The van der Waals surface area contributed by atoms with E-state index >= 15 is 0 Å². The number of amides is 2. The van der Waals surface area contributed by atoms with Crippen molar-refractivity contribution < 1.29 is 22.9 Å². The average molecular weight is 470 g/mol. The zero-order valence-corrected chi connectivity index (χ0v) is 19.3. The number of fused-ring (bicyclic) bond motifs is 1. The van der Waals surface area contributed by atoms with Crippen LogP contribution in [0.2, 0.25) is 0 Å². The van der Waals surface area contributed by atoms with Gasteiger partial charge in [-0.25, -0.2) is 4.98 Å². The molecule has 0 aliphatic carbocycles. The van der Waals surface area contributed by atoms with Crippen molar-refractivity contribution in [2.75, 3.05) is 5.32 Å². The highest BCUT2D eigenvalue weighted by Crippen LogP contribution is 2.30. The van der Waals surface area contributed by atoms with E-state index in [4.69, 9.17) is 13.4 Å². The molecule has 4 aromatic heterocycles. The van der Waals surface area contributed by atoms with E-state index in [0.717, 1.165) is 16.9 Å². The summed E-state index contributed by atoms with van der Waals surface area (Å²) in [4.78, 5) is 30.0. The van der Waals surface area contributed by atoms with Crippen molar-refractivity contribution in [3.05, 3.63) is 88.9 Å². The van der Waals surface area contributed by atoms with Gasteiger partial charge >= 0.3 is 0 Å². The van der Waals surface area contributed by atoms with Crippen LogP contribution in [-0.4, -0.2) is 22.0 Å². The maximum Gasteiger partial charge on any atom is 0.291 e. The van der Waals surface area contributed by atoms with Crippen LogP contribution < -0.4 is 10.6 Å². The molecule has 0 radical (unpaired) electrons. The van der Waals surface area contributed by atoms with E-state index in [2.05, 4.69) is 20.8 Å². The van der Waals surface area contributed by atoms with E-state index < -0.39 is 0 Å². The van der Waals surface area contributed by atoms with Gasteiger partial charge < -0.3 is 24.0 Å². The van der Waals surface area contributed by atoms with Crippen LogP contribution in [0.15, 0.2) is 68.2 Å². The minimum absolute atomic E-state index is 0.216. The Labute approximate surface area is 200 Å². The second-order valence-electron chi connectivity index (χ2n) is 8.14. The molecule has 5 rings (SSSR count). The van der Waals surface area contributed by atoms with E-state index in [1.165, 1.54) is 6.26 Å². The highest BCUT2D eigenvalue weighted by molar-refractivity contribution is 6.07. The first-order valence-electron chi connectivity index (χ1n) is 11.0. The third-order valence-corrected chi connectivity index (χ3v) is 5.56. The molecule has 2 N–H and O–H groups in total. The molecule has 0 aliphatic heterocycles. The number of hydrogen-bond donors (Lipinski definition) is 2. The van der Waals surface area contributed by atoms with Crippen molar-refractivity contribution in [3.8, 4) is 11.3 Å². The number of aromatic nitrogens is 2. The van der Waals surface area contributed by atoms with Crippen LogP contribution in [0.1, 0.15) is 43.7 Å². The molecular formula is C26H22N4O5. The summed E-state index contributed by atoms with van der Waals surface area (Å²) in [7, 11) is 0. The van der Waals surface area contributed by atoms with Crippen LogP contribution >= 0.6 is 0 Å². The smallest absolute Gasteiger partial charge is 0.291 e. The zero-order valence-electron chi connectivity index (χ0n) is 19.3. The molecule has 0 unspecified atom stereocenters. The Morgan fingerprint density at radius 1 is 1.00 bits per heavy atom. The number of benzene rings is 1. The second-order valence-corrected chi connectivity index (χ2v) is 8.14. The number of anilines is 1. The number of aryl methyl sites for hydroxylation is 3. The van der Waals surface area contributed by atoms with Gasteiger partial charge in [-0.3, -0.25) is 9.59 Å². The molecule has 9 nitrogen and oxygen atoms in total. The first kappa shape index (κ1) is 22.1. The largest absolute Gasteiger partial charge is 0.466 e. The summed E-state index contributed by atoms with van der Waals surface area (Å²) in [5, 5.41) is 10.3. The van der Waals surface area contributed by atoms with Gasteiger partial charge in [0.05, 0.1) is 28.6 Å². The first-order chi connectivity index (χ1) is 16.9. The van der Waals surface area contributed by atoms with Crippen LogP contribution in [0.5, 0.6) is 0 Å². The van der Waals surface area contributed by atoms with Gasteiger partial charge in [-0.15, -0.1) is 0 Å². The fraction of sp³-hybridized carbons (Fsp3) is 0.154. The molecule has 0 spiro atoms. The van der Waals surface area contributed by atoms with Gasteiger partial charge in [0, 0.05) is 17.8 Å². The van der Waals surface area contributed by atoms with Crippen molar-refractivity contribution in [2.45, 2.75) is 27.3 Å². The van der Waals surface area contributed by atoms with E-state index in [0.29, 0.717) is 33.8 Å². The standard InChI is InChI=1S/C26H22N4O5/c1-14-10-19(16(3)34-14)21-12-20(23-15(2)30-35-26(23)29-21)24(31)27-13-17-6-4-7-18(11-17)28-25(32)22-8-5-9-33-22/h4-12H,13H2,1-3H3,(H,27,31)(H,28,32). The maximum absolute atomic E-state index is 13.3. The molecule has 35 heavy (non-hydrogen) atoms. The van der Waals surface area contributed by atoms with Crippen LogP contribution in [0.4, 0.5) is 5.69 Å². The van der Waals surface area contributed by atoms with Crippen LogP contribution in [-0.2, 0) is 6.54 Å². The highest BCUT2D eigenvalue weighted by Gasteiger charge is 2.21. The van der Waals surface area contributed by atoms with Crippen LogP contribution in [0, 0.1) is 20.8 Å². The molecule has 0 fully saturated rings. The molecule has 9 heteroatoms. The summed E-state index contributed by atoms with van der Waals surface area (Å²) in [6.45, 7) is 5.71. The molecule has 0 bridgehead atoms. The molecule has 0 saturated carbocycles. The van der Waals surface area contributed by atoms with Gasteiger partial charge in [-0.1, -0.05) is 17.3 Å². The fourth-order valence-electron chi connectivity index (χ4n) is 3.93. The van der Waals surface area contributed by atoms with E-state index in [-0.39, 0.29) is 29.8 Å². The first-order valence-corrected chi connectivity index (χ1v) is 11.0. The van der Waals surface area contributed by atoms with Crippen molar-refractivity contribution in [3.63, 3.8) is 0 Å². The number of nitrogens with one attached hydrogen (secondary N) is 2. The lowest BCUT2D eigenvalue weighted by molar-refractivity contribution is 0.0951. The summed E-state index contributed by atoms with van der Waals surface area (Å²) in [5.41, 5.74) is 4.02. The molecule has 1 aromatic carbocycles. The molecular weight excluding hydrogens is 448 g/mol. The lowest BCUT2D eigenvalue weighted by Gasteiger charge is -2.10. The van der Waals surface area contributed by atoms with Crippen LogP contribution in [0.3, 0.4) is 0 Å². The van der Waals surface area contributed by atoms with Crippen molar-refractivity contribution in [1.82, 2.24) is 15.5 Å². The zero-order chi connectivity index (χ0) is 24.5. The molecule has 0 aliphatic rings. The van der Waals surface area contributed by atoms with E-state index in [1.807, 2.05) is 26.0 Å². The van der Waals surface area contributed by atoms with E-state index in [1.54, 1.807) is 43.3 Å². The molecule has 176 valence electrons. The number of rotatable bonds is 6. The summed E-state index contributed by atoms with van der Waals surface area (Å²) < 4.78 is 16.1. The van der Waals surface area contributed by atoms with Crippen molar-refractivity contribution >= 4 is 28.6 Å². The maximum atomic E-state index is 13.3. The summed E-state index contributed by atoms with van der Waals surface area (Å²) in [5.74, 6) is 1.01. The highest BCUT2D eigenvalue weighted by atomic mass is 16.5. The number of pyridine rings is 1. The number of hydrogen-bond acceptors (Lipinski definition) is 7. The van der Waals surface area contributed by atoms with Gasteiger partial charge in [0.2, 0.25) is 0 Å². The minimum atomic E-state index is -0.351. The predicted molar refractivity (Wildman–Crippen MR) is 128 cm³/mol. The molecule has 0 saturated heterocycles. The van der Waals surface area contributed by atoms with E-state index in [9.17, 15) is 9.59 Å². The van der Waals surface area contributed by atoms with Crippen molar-refractivity contribution in [2.24, 2.45) is 0 Å². The summed E-state index contributed by atoms with van der Waals surface area (Å²) in [6, 6.07) is 14.0. The number of carbonyl (C=O) groups is 2. The number of carbonyl (C=O) groups excluding carboxylic acids is 2. The van der Waals surface area contributed by atoms with Gasteiger partial charge in [-0.2, -0.15) is 0 Å². The van der Waals surface area contributed by atoms with Crippen LogP contribution in [0.25, 0.3) is 22.4 Å². The third kappa shape index (κ3) is 4.43. The second kappa shape index (κ2) is 8.94. The van der Waals surface area contributed by atoms with Crippen molar-refractivity contribution in [1.29, 1.82) is 0 Å². The molecule has 2 amide bonds. The lowest BCUT2D eigenvalue weighted by Crippen LogP contribution is -2.23. The molecule has 5 aromatic rings. The molecule has 4 heterocycles. The summed E-state index contributed by atoms with van der Waals surface area (Å²) in [6.07, 6.45) is 1.44. The molecule has 0 atom stereocenters.